The summed E-state index contributed by atoms with van der Waals surface area (Å²) in [5.74, 6) is 1.03. The fraction of sp³-hybridized carbons (Fsp3) is 0.143. The van der Waals surface area contributed by atoms with E-state index in [1.165, 1.54) is 12.1 Å². The van der Waals surface area contributed by atoms with Crippen LogP contribution in [-0.2, 0) is 13.7 Å². The number of benzene rings is 2. The van der Waals surface area contributed by atoms with Gasteiger partial charge in [0.05, 0.1) is 16.0 Å². The molecule has 152 valence electrons. The van der Waals surface area contributed by atoms with Gasteiger partial charge in [0.15, 0.2) is 5.76 Å². The summed E-state index contributed by atoms with van der Waals surface area (Å²) in [6, 6.07) is 15.3. The molecule has 9 heteroatoms. The normalized spacial score (nSPS) is 10.9. The van der Waals surface area contributed by atoms with Gasteiger partial charge in [-0.05, 0) is 43.3 Å². The predicted octanol–water partition coefficient (Wildman–Crippen LogP) is 4.21. The van der Waals surface area contributed by atoms with Crippen molar-refractivity contribution >= 4 is 28.6 Å². The van der Waals surface area contributed by atoms with Crippen LogP contribution in [0.2, 0.25) is 0 Å². The van der Waals surface area contributed by atoms with Crippen LogP contribution in [-0.4, -0.2) is 20.4 Å². The van der Waals surface area contributed by atoms with Crippen LogP contribution >= 0.6 is 0 Å². The number of furan rings is 1. The Morgan fingerprint density at radius 3 is 2.77 bits per heavy atom. The molecule has 30 heavy (non-hydrogen) atoms. The second-order valence-corrected chi connectivity index (χ2v) is 6.70. The molecule has 4 aromatic rings. The summed E-state index contributed by atoms with van der Waals surface area (Å²) in [5.41, 5.74) is 2.21. The lowest BCUT2D eigenvalue weighted by molar-refractivity contribution is -0.385. The first-order valence-corrected chi connectivity index (χ1v) is 9.12. The number of imidazole rings is 1. The second kappa shape index (κ2) is 7.70. The Bertz CT molecular complexity index is 1260. The number of nitrogens with zero attached hydrogens (tertiary/aromatic N) is 3. The van der Waals surface area contributed by atoms with Crippen LogP contribution in [0.4, 0.5) is 11.6 Å². The molecule has 0 unspecified atom stereocenters. The molecule has 0 bridgehead atoms. The number of para-hydroxylation sites is 2. The summed E-state index contributed by atoms with van der Waals surface area (Å²) in [7, 11) is 1.82. The minimum atomic E-state index is -0.443. The number of aryl methyl sites for hydroxylation is 2. The third-order valence-electron chi connectivity index (χ3n) is 4.64. The number of carbonyl (C=O) groups is 1. The van der Waals surface area contributed by atoms with Crippen LogP contribution in [0.1, 0.15) is 21.9 Å². The fourth-order valence-electron chi connectivity index (χ4n) is 3.08. The van der Waals surface area contributed by atoms with E-state index in [9.17, 15) is 14.9 Å². The molecular weight excluding hydrogens is 388 g/mol. The lowest BCUT2D eigenvalue weighted by Crippen LogP contribution is -2.14. The number of fused-ring (bicyclic) bond motifs is 1. The van der Waals surface area contributed by atoms with Crippen molar-refractivity contribution in [2.75, 3.05) is 5.32 Å². The van der Waals surface area contributed by atoms with Crippen LogP contribution in [0.25, 0.3) is 11.0 Å². The molecule has 0 saturated heterocycles. The molecule has 0 radical (unpaired) electrons. The van der Waals surface area contributed by atoms with E-state index >= 15 is 0 Å². The van der Waals surface area contributed by atoms with Crippen molar-refractivity contribution in [3.05, 3.63) is 81.8 Å². The Morgan fingerprint density at radius 1 is 1.23 bits per heavy atom. The number of carbonyl (C=O) groups excluding carboxylic acids is 1. The summed E-state index contributed by atoms with van der Waals surface area (Å²) in [5, 5.41) is 13.6. The number of anilines is 1. The van der Waals surface area contributed by atoms with Crippen molar-refractivity contribution in [3.8, 4) is 5.75 Å². The molecule has 1 amide bonds. The minimum Gasteiger partial charge on any atom is -0.486 e. The van der Waals surface area contributed by atoms with Crippen LogP contribution in [0, 0.1) is 17.0 Å². The summed E-state index contributed by atoms with van der Waals surface area (Å²) in [4.78, 5) is 27.4. The first-order valence-electron chi connectivity index (χ1n) is 9.12. The first-order chi connectivity index (χ1) is 14.4. The largest absolute Gasteiger partial charge is 0.486 e. The average molecular weight is 406 g/mol. The van der Waals surface area contributed by atoms with Crippen molar-refractivity contribution in [3.63, 3.8) is 0 Å². The number of hydrogen-bond acceptors (Lipinski definition) is 6. The number of hydrogen-bond donors (Lipinski definition) is 1. The number of aromatic nitrogens is 2. The maximum absolute atomic E-state index is 12.5. The summed E-state index contributed by atoms with van der Waals surface area (Å²) in [6.07, 6.45) is 0. The van der Waals surface area contributed by atoms with Gasteiger partial charge in [0, 0.05) is 18.7 Å². The lowest BCUT2D eigenvalue weighted by atomic mass is 10.2. The van der Waals surface area contributed by atoms with E-state index in [4.69, 9.17) is 9.15 Å². The Labute approximate surface area is 171 Å². The second-order valence-electron chi connectivity index (χ2n) is 6.70. The van der Waals surface area contributed by atoms with E-state index in [-0.39, 0.29) is 18.1 Å². The highest BCUT2D eigenvalue weighted by atomic mass is 16.6. The zero-order valence-corrected chi connectivity index (χ0v) is 16.3. The average Bonchev–Trinajstić information content (AvgIpc) is 3.32. The van der Waals surface area contributed by atoms with Crippen molar-refractivity contribution in [1.29, 1.82) is 0 Å². The van der Waals surface area contributed by atoms with Gasteiger partial charge < -0.3 is 13.7 Å². The van der Waals surface area contributed by atoms with Gasteiger partial charge in [-0.15, -0.1) is 0 Å². The maximum atomic E-state index is 12.5. The van der Waals surface area contributed by atoms with Gasteiger partial charge in [-0.25, -0.2) is 4.98 Å². The highest BCUT2D eigenvalue weighted by Crippen LogP contribution is 2.24. The Hall–Kier alpha value is -4.14. The molecule has 0 spiro atoms. The van der Waals surface area contributed by atoms with Crippen molar-refractivity contribution < 1.29 is 18.9 Å². The van der Waals surface area contributed by atoms with Gasteiger partial charge in [0.25, 0.3) is 11.6 Å². The number of rotatable bonds is 6. The van der Waals surface area contributed by atoms with Gasteiger partial charge in [0.2, 0.25) is 5.95 Å². The number of nitrogens with one attached hydrogen (secondary N) is 1. The van der Waals surface area contributed by atoms with Gasteiger partial charge in [-0.3, -0.25) is 20.2 Å². The van der Waals surface area contributed by atoms with E-state index in [0.29, 0.717) is 23.0 Å². The molecule has 2 aromatic heterocycles. The summed E-state index contributed by atoms with van der Waals surface area (Å²) in [6.45, 7) is 1.72. The highest BCUT2D eigenvalue weighted by molar-refractivity contribution is 6.02. The Morgan fingerprint density at radius 2 is 2.03 bits per heavy atom. The summed E-state index contributed by atoms with van der Waals surface area (Å²) >= 11 is 0. The first kappa shape index (κ1) is 19.2. The van der Waals surface area contributed by atoms with Crippen molar-refractivity contribution in [1.82, 2.24) is 9.55 Å². The van der Waals surface area contributed by atoms with E-state index < -0.39 is 10.8 Å². The number of nitro groups is 1. The fourth-order valence-corrected chi connectivity index (χ4v) is 3.08. The van der Waals surface area contributed by atoms with Crippen molar-refractivity contribution in [2.45, 2.75) is 13.5 Å². The van der Waals surface area contributed by atoms with E-state index in [2.05, 4.69) is 10.3 Å². The minimum absolute atomic E-state index is 0.0289. The smallest absolute Gasteiger partial charge is 0.293 e. The number of nitro benzene ring substituents is 1. The molecular formula is C21H18N4O5. The van der Waals surface area contributed by atoms with Crippen LogP contribution < -0.4 is 10.1 Å². The SMILES string of the molecule is Cc1cc(OCc2ccc(C(=O)Nc3nc4ccccc4n3C)o2)ccc1[N+](=O)[O-]. The zero-order chi connectivity index (χ0) is 21.3. The number of amides is 1. The van der Waals surface area contributed by atoms with Gasteiger partial charge >= 0.3 is 0 Å². The van der Waals surface area contributed by atoms with Crippen LogP contribution in [0.3, 0.4) is 0 Å². The lowest BCUT2D eigenvalue weighted by Gasteiger charge is -2.06. The molecule has 2 aromatic carbocycles. The third-order valence-corrected chi connectivity index (χ3v) is 4.64. The number of ether oxygens (including phenoxy) is 1. The third kappa shape index (κ3) is 3.72. The molecule has 2 heterocycles. The maximum Gasteiger partial charge on any atom is 0.293 e. The van der Waals surface area contributed by atoms with Gasteiger partial charge in [0.1, 0.15) is 18.1 Å². The predicted molar refractivity (Wildman–Crippen MR) is 110 cm³/mol. The topological polar surface area (TPSA) is 112 Å². The molecule has 9 nitrogen and oxygen atoms in total. The van der Waals surface area contributed by atoms with Crippen LogP contribution in [0.5, 0.6) is 5.75 Å². The Balaban J connectivity index is 1.42. The van der Waals surface area contributed by atoms with E-state index in [0.717, 1.165) is 11.0 Å². The highest BCUT2D eigenvalue weighted by Gasteiger charge is 2.16. The molecule has 1 N–H and O–H groups in total. The zero-order valence-electron chi connectivity index (χ0n) is 16.3. The van der Waals surface area contributed by atoms with Gasteiger partial charge in [-0.1, -0.05) is 12.1 Å². The molecule has 0 aliphatic rings. The monoisotopic (exact) mass is 406 g/mol. The van der Waals surface area contributed by atoms with E-state index in [1.807, 2.05) is 31.3 Å². The molecule has 0 saturated carbocycles. The molecule has 0 aliphatic carbocycles. The Kier molecular flexibility index (Phi) is 4.93. The molecule has 0 fully saturated rings. The standard InChI is InChI=1S/C21H18N4O5/c1-13-11-14(7-9-17(13)25(27)28)29-12-15-8-10-19(30-15)20(26)23-21-22-16-5-3-4-6-18(16)24(21)2/h3-11H,12H2,1-2H3,(H,22,23,26). The van der Waals surface area contributed by atoms with E-state index in [1.54, 1.807) is 29.7 Å². The molecule has 0 atom stereocenters. The quantitative estimate of drug-likeness (QED) is 0.379. The van der Waals surface area contributed by atoms with Gasteiger partial charge in [-0.2, -0.15) is 0 Å². The van der Waals surface area contributed by atoms with Crippen LogP contribution in [0.15, 0.2) is 59.0 Å². The van der Waals surface area contributed by atoms with Crippen molar-refractivity contribution in [2.24, 2.45) is 7.05 Å². The molecule has 0 aliphatic heterocycles. The molecule has 4 rings (SSSR count). The summed E-state index contributed by atoms with van der Waals surface area (Å²) < 4.78 is 13.0.